The molecule has 3 aromatic rings. The van der Waals surface area contributed by atoms with Crippen LogP contribution in [-0.2, 0) is 14.8 Å². The lowest BCUT2D eigenvalue weighted by Crippen LogP contribution is -2.23. The SMILES string of the molecule is CCCS(=O)(=O)Nc1ccc(-c2c(C#N)c3ccc(N4CCCC4=O)cc3n2C2CCC2)cc1. The minimum absolute atomic E-state index is 0.0745. The number of nitrogens with one attached hydrogen (secondary N) is 1. The first kappa shape index (κ1) is 22.5. The number of nitriles is 1. The van der Waals surface area contributed by atoms with E-state index in [9.17, 15) is 18.5 Å². The van der Waals surface area contributed by atoms with Crippen LogP contribution in [0.4, 0.5) is 11.4 Å². The molecule has 7 nitrogen and oxygen atoms in total. The first-order chi connectivity index (χ1) is 16.4. The van der Waals surface area contributed by atoms with Crippen LogP contribution in [0.3, 0.4) is 0 Å². The number of anilines is 2. The summed E-state index contributed by atoms with van der Waals surface area (Å²) in [7, 11) is -3.37. The number of carbonyl (C=O) groups excluding carboxylic acids is 1. The smallest absolute Gasteiger partial charge is 0.232 e. The van der Waals surface area contributed by atoms with Crippen molar-refractivity contribution in [3.63, 3.8) is 0 Å². The molecule has 0 unspecified atom stereocenters. The van der Waals surface area contributed by atoms with Crippen LogP contribution in [0.25, 0.3) is 22.2 Å². The van der Waals surface area contributed by atoms with Crippen molar-refractivity contribution >= 4 is 38.2 Å². The maximum Gasteiger partial charge on any atom is 0.232 e. The maximum atomic E-state index is 12.3. The van der Waals surface area contributed by atoms with Gasteiger partial charge < -0.3 is 9.47 Å². The number of aromatic nitrogens is 1. The highest BCUT2D eigenvalue weighted by molar-refractivity contribution is 7.92. The molecule has 2 aromatic carbocycles. The fourth-order valence-electron chi connectivity index (χ4n) is 5.00. The van der Waals surface area contributed by atoms with Crippen LogP contribution >= 0.6 is 0 Å². The second-order valence-electron chi connectivity index (χ2n) is 9.14. The lowest BCUT2D eigenvalue weighted by Gasteiger charge is -2.30. The fourth-order valence-corrected chi connectivity index (χ4v) is 6.14. The molecule has 1 amide bonds. The lowest BCUT2D eigenvalue weighted by molar-refractivity contribution is -0.117. The molecule has 1 aliphatic carbocycles. The third-order valence-corrected chi connectivity index (χ3v) is 8.32. The highest BCUT2D eigenvalue weighted by Crippen LogP contribution is 2.43. The number of nitrogens with zero attached hydrogens (tertiary/aromatic N) is 3. The van der Waals surface area contributed by atoms with Crippen molar-refractivity contribution in [1.29, 1.82) is 5.26 Å². The van der Waals surface area contributed by atoms with Crippen LogP contribution in [0.15, 0.2) is 42.5 Å². The van der Waals surface area contributed by atoms with E-state index < -0.39 is 10.0 Å². The maximum absolute atomic E-state index is 12.3. The van der Waals surface area contributed by atoms with Gasteiger partial charge in [0.1, 0.15) is 6.07 Å². The molecule has 2 heterocycles. The average Bonchev–Trinajstić information content (AvgIpc) is 3.34. The van der Waals surface area contributed by atoms with Gasteiger partial charge in [-0.15, -0.1) is 0 Å². The van der Waals surface area contributed by atoms with Gasteiger partial charge in [0, 0.05) is 35.8 Å². The van der Waals surface area contributed by atoms with E-state index in [2.05, 4.69) is 21.4 Å². The molecule has 0 radical (unpaired) electrons. The Kier molecular flexibility index (Phi) is 5.82. The molecule has 2 fully saturated rings. The number of rotatable bonds is 7. The van der Waals surface area contributed by atoms with E-state index in [0.29, 0.717) is 30.1 Å². The van der Waals surface area contributed by atoms with Crippen molar-refractivity contribution in [1.82, 2.24) is 4.57 Å². The van der Waals surface area contributed by atoms with Crippen LogP contribution in [0.1, 0.15) is 57.1 Å². The summed E-state index contributed by atoms with van der Waals surface area (Å²) in [6.45, 7) is 2.55. The van der Waals surface area contributed by atoms with Crippen molar-refractivity contribution in [3.8, 4) is 17.3 Å². The van der Waals surface area contributed by atoms with Gasteiger partial charge in [-0.05, 0) is 68.0 Å². The zero-order valence-corrected chi connectivity index (χ0v) is 20.1. The summed E-state index contributed by atoms with van der Waals surface area (Å²) in [6, 6.07) is 15.9. The highest BCUT2D eigenvalue weighted by atomic mass is 32.2. The Labute approximate surface area is 200 Å². The molecule has 1 aliphatic heterocycles. The number of carbonyl (C=O) groups is 1. The van der Waals surface area contributed by atoms with E-state index in [4.69, 9.17) is 0 Å². The van der Waals surface area contributed by atoms with Gasteiger partial charge in [-0.1, -0.05) is 19.1 Å². The monoisotopic (exact) mass is 476 g/mol. The van der Waals surface area contributed by atoms with Crippen molar-refractivity contribution in [2.75, 3.05) is 21.9 Å². The topological polar surface area (TPSA) is 95.2 Å². The van der Waals surface area contributed by atoms with Gasteiger partial charge in [0.25, 0.3) is 0 Å². The van der Waals surface area contributed by atoms with Gasteiger partial charge in [-0.3, -0.25) is 9.52 Å². The zero-order valence-electron chi connectivity index (χ0n) is 19.3. The first-order valence-corrected chi connectivity index (χ1v) is 13.6. The molecule has 0 atom stereocenters. The van der Waals surface area contributed by atoms with E-state index >= 15 is 0 Å². The molecule has 8 heteroatoms. The average molecular weight is 477 g/mol. The van der Waals surface area contributed by atoms with Crippen molar-refractivity contribution in [3.05, 3.63) is 48.0 Å². The number of sulfonamides is 1. The number of amides is 1. The molecule has 1 saturated carbocycles. The zero-order chi connectivity index (χ0) is 23.9. The Bertz CT molecular complexity index is 1400. The molecule has 0 bridgehead atoms. The van der Waals surface area contributed by atoms with Gasteiger partial charge in [-0.2, -0.15) is 5.26 Å². The number of fused-ring (bicyclic) bond motifs is 1. The predicted octanol–water partition coefficient (Wildman–Crippen LogP) is 5.18. The summed E-state index contributed by atoms with van der Waals surface area (Å²) in [5.41, 5.74) is 4.70. The van der Waals surface area contributed by atoms with Crippen molar-refractivity contribution in [2.24, 2.45) is 0 Å². The van der Waals surface area contributed by atoms with Crippen LogP contribution in [-0.4, -0.2) is 31.2 Å². The van der Waals surface area contributed by atoms with Crippen LogP contribution in [0.2, 0.25) is 0 Å². The summed E-state index contributed by atoms with van der Waals surface area (Å²) in [6.07, 6.45) is 5.22. The highest BCUT2D eigenvalue weighted by Gasteiger charge is 2.29. The Morgan fingerprint density at radius 1 is 1.12 bits per heavy atom. The number of hydrogen-bond donors (Lipinski definition) is 1. The molecule has 1 aromatic heterocycles. The van der Waals surface area contributed by atoms with Crippen LogP contribution in [0.5, 0.6) is 0 Å². The summed E-state index contributed by atoms with van der Waals surface area (Å²) in [4.78, 5) is 14.2. The summed E-state index contributed by atoms with van der Waals surface area (Å²) < 4.78 is 29.2. The van der Waals surface area contributed by atoms with Crippen LogP contribution in [0, 0.1) is 11.3 Å². The summed E-state index contributed by atoms with van der Waals surface area (Å²) in [5, 5.41) is 11.0. The first-order valence-electron chi connectivity index (χ1n) is 11.9. The van der Waals surface area contributed by atoms with Crippen molar-refractivity contribution in [2.45, 2.75) is 51.5 Å². The molecule has 5 rings (SSSR count). The molecule has 2 aliphatic rings. The van der Waals surface area contributed by atoms with E-state index in [-0.39, 0.29) is 11.7 Å². The number of benzene rings is 2. The Morgan fingerprint density at radius 3 is 2.47 bits per heavy atom. The Hall–Kier alpha value is -3.31. The Morgan fingerprint density at radius 2 is 1.88 bits per heavy atom. The molecule has 1 saturated heterocycles. The molecule has 1 N–H and O–H groups in total. The van der Waals surface area contributed by atoms with Crippen LogP contribution < -0.4 is 9.62 Å². The van der Waals surface area contributed by atoms with Gasteiger partial charge in [0.05, 0.1) is 22.5 Å². The van der Waals surface area contributed by atoms with Crippen molar-refractivity contribution < 1.29 is 13.2 Å². The second kappa shape index (κ2) is 8.80. The van der Waals surface area contributed by atoms with E-state index in [0.717, 1.165) is 60.1 Å². The molecule has 176 valence electrons. The lowest BCUT2D eigenvalue weighted by atomic mass is 9.92. The normalized spacial score (nSPS) is 16.6. The third kappa shape index (κ3) is 3.94. The van der Waals surface area contributed by atoms with Gasteiger partial charge in [0.15, 0.2) is 0 Å². The predicted molar refractivity (Wildman–Crippen MR) is 134 cm³/mol. The number of hydrogen-bond acceptors (Lipinski definition) is 4. The minimum atomic E-state index is -3.37. The molecule has 34 heavy (non-hydrogen) atoms. The van der Waals surface area contributed by atoms with Gasteiger partial charge in [-0.25, -0.2) is 8.42 Å². The van der Waals surface area contributed by atoms with E-state index in [1.165, 1.54) is 0 Å². The summed E-state index contributed by atoms with van der Waals surface area (Å²) >= 11 is 0. The second-order valence-corrected chi connectivity index (χ2v) is 11.0. The summed E-state index contributed by atoms with van der Waals surface area (Å²) in [5.74, 6) is 0.216. The van der Waals surface area contributed by atoms with Gasteiger partial charge >= 0.3 is 0 Å². The standard InChI is InChI=1S/C26H28N4O3S/c1-2-15-34(32,33)28-19-10-8-18(9-11-19)26-23(17-27)22-13-12-21(29-14-4-7-25(29)31)16-24(22)30(26)20-5-3-6-20/h8-13,16,20,28H,2-7,14-15H2,1H3. The molecule has 0 spiro atoms. The largest absolute Gasteiger partial charge is 0.336 e. The molecular weight excluding hydrogens is 448 g/mol. The van der Waals surface area contributed by atoms with Gasteiger partial charge in [0.2, 0.25) is 15.9 Å². The third-order valence-electron chi connectivity index (χ3n) is 6.83. The minimum Gasteiger partial charge on any atom is -0.336 e. The van der Waals surface area contributed by atoms with E-state index in [1.807, 2.05) is 36.1 Å². The Balaban J connectivity index is 1.61. The fraction of sp³-hybridized carbons (Fsp3) is 0.385. The quantitative estimate of drug-likeness (QED) is 0.508. The molecular formula is C26H28N4O3S. The van der Waals surface area contributed by atoms with E-state index in [1.54, 1.807) is 12.1 Å².